The summed E-state index contributed by atoms with van der Waals surface area (Å²) in [4.78, 5) is 0. The van der Waals surface area contributed by atoms with Gasteiger partial charge in [-0.3, -0.25) is 0 Å². The van der Waals surface area contributed by atoms with Gasteiger partial charge in [0.1, 0.15) is 0 Å². The minimum Gasteiger partial charge on any atom is -0.362 e. The molecule has 0 aromatic heterocycles. The molecular weight excluding hydrogens is 308 g/mol. The van der Waals surface area contributed by atoms with Crippen molar-refractivity contribution in [3.8, 4) is 0 Å². The van der Waals surface area contributed by atoms with Crippen molar-refractivity contribution >= 4 is 50.5 Å². The number of benzene rings is 1. The van der Waals surface area contributed by atoms with Crippen LogP contribution in [0.3, 0.4) is 0 Å². The third-order valence-electron chi connectivity index (χ3n) is 1.85. The van der Waals surface area contributed by atoms with Crippen LogP contribution in [0.2, 0.25) is 5.02 Å². The predicted octanol–water partition coefficient (Wildman–Crippen LogP) is 4.04. The standard InChI is InChI=1S/C11H14BrClN2S/c1-7(2)6-14-11(16)15-8-3-4-10(13)9(12)5-8/h3-5,7H,6H2,1-2H3,(H2,14,15,16). The molecule has 0 aliphatic heterocycles. The minimum absolute atomic E-state index is 0.566. The Hall–Kier alpha value is -0.320. The first-order chi connectivity index (χ1) is 7.49. The normalized spacial score (nSPS) is 10.3. The summed E-state index contributed by atoms with van der Waals surface area (Å²) in [5.74, 6) is 0.566. The quantitative estimate of drug-likeness (QED) is 0.822. The van der Waals surface area contributed by atoms with E-state index in [1.54, 1.807) is 0 Å². The maximum absolute atomic E-state index is 5.90. The van der Waals surface area contributed by atoms with Gasteiger partial charge in [-0.25, -0.2) is 0 Å². The van der Waals surface area contributed by atoms with Gasteiger partial charge < -0.3 is 10.6 Å². The van der Waals surface area contributed by atoms with E-state index in [-0.39, 0.29) is 0 Å². The molecule has 0 radical (unpaired) electrons. The molecule has 5 heteroatoms. The fourth-order valence-electron chi connectivity index (χ4n) is 1.05. The molecule has 88 valence electrons. The second-order valence-electron chi connectivity index (χ2n) is 3.86. The Balaban J connectivity index is 2.53. The fraction of sp³-hybridized carbons (Fsp3) is 0.364. The number of halogens is 2. The maximum Gasteiger partial charge on any atom is 0.170 e. The molecule has 2 nitrogen and oxygen atoms in total. The Labute approximate surface area is 115 Å². The van der Waals surface area contributed by atoms with Crippen molar-refractivity contribution in [2.75, 3.05) is 11.9 Å². The highest BCUT2D eigenvalue weighted by Gasteiger charge is 2.01. The van der Waals surface area contributed by atoms with E-state index < -0.39 is 0 Å². The molecule has 0 fully saturated rings. The molecule has 0 saturated heterocycles. The lowest BCUT2D eigenvalue weighted by Crippen LogP contribution is -2.31. The monoisotopic (exact) mass is 320 g/mol. The highest BCUT2D eigenvalue weighted by atomic mass is 79.9. The molecule has 0 aliphatic rings. The van der Waals surface area contributed by atoms with Gasteiger partial charge in [-0.15, -0.1) is 0 Å². The van der Waals surface area contributed by atoms with Gasteiger partial charge in [0.05, 0.1) is 5.02 Å². The van der Waals surface area contributed by atoms with E-state index in [0.717, 1.165) is 16.7 Å². The minimum atomic E-state index is 0.566. The maximum atomic E-state index is 5.90. The molecule has 0 bridgehead atoms. The number of anilines is 1. The van der Waals surface area contributed by atoms with Crippen LogP contribution in [0.15, 0.2) is 22.7 Å². The van der Waals surface area contributed by atoms with Crippen molar-refractivity contribution in [3.05, 3.63) is 27.7 Å². The Morgan fingerprint density at radius 3 is 2.75 bits per heavy atom. The highest BCUT2D eigenvalue weighted by Crippen LogP contribution is 2.25. The van der Waals surface area contributed by atoms with E-state index >= 15 is 0 Å². The first kappa shape index (κ1) is 13.7. The zero-order valence-corrected chi connectivity index (χ0v) is 12.3. The van der Waals surface area contributed by atoms with E-state index in [0.29, 0.717) is 16.1 Å². The zero-order chi connectivity index (χ0) is 12.1. The predicted molar refractivity (Wildman–Crippen MR) is 78.2 cm³/mol. The van der Waals surface area contributed by atoms with Crippen LogP contribution in [0.1, 0.15) is 13.8 Å². The average molecular weight is 322 g/mol. The van der Waals surface area contributed by atoms with Crippen LogP contribution in [-0.4, -0.2) is 11.7 Å². The van der Waals surface area contributed by atoms with Crippen LogP contribution in [0.4, 0.5) is 5.69 Å². The molecule has 0 heterocycles. The van der Waals surface area contributed by atoms with E-state index in [1.165, 1.54) is 0 Å². The van der Waals surface area contributed by atoms with Crippen LogP contribution in [-0.2, 0) is 0 Å². The van der Waals surface area contributed by atoms with E-state index in [1.807, 2.05) is 18.2 Å². The highest BCUT2D eigenvalue weighted by molar-refractivity contribution is 9.10. The topological polar surface area (TPSA) is 24.1 Å². The van der Waals surface area contributed by atoms with Crippen molar-refractivity contribution in [1.29, 1.82) is 0 Å². The number of hydrogen-bond donors (Lipinski definition) is 2. The lowest BCUT2D eigenvalue weighted by Gasteiger charge is -2.12. The second-order valence-corrected chi connectivity index (χ2v) is 5.53. The fourth-order valence-corrected chi connectivity index (χ4v) is 1.74. The summed E-state index contributed by atoms with van der Waals surface area (Å²) in [5.41, 5.74) is 0.914. The van der Waals surface area contributed by atoms with Crippen molar-refractivity contribution < 1.29 is 0 Å². The van der Waals surface area contributed by atoms with Gasteiger partial charge in [0.15, 0.2) is 5.11 Å². The van der Waals surface area contributed by atoms with Crippen molar-refractivity contribution in [2.45, 2.75) is 13.8 Å². The van der Waals surface area contributed by atoms with Gasteiger partial charge in [0.25, 0.3) is 0 Å². The van der Waals surface area contributed by atoms with E-state index in [9.17, 15) is 0 Å². The number of thiocarbonyl (C=S) groups is 1. The number of hydrogen-bond acceptors (Lipinski definition) is 1. The molecule has 16 heavy (non-hydrogen) atoms. The summed E-state index contributed by atoms with van der Waals surface area (Å²) in [5, 5.41) is 7.55. The Bertz CT molecular complexity index is 382. The van der Waals surface area contributed by atoms with Crippen molar-refractivity contribution in [1.82, 2.24) is 5.32 Å². The zero-order valence-electron chi connectivity index (χ0n) is 9.18. The van der Waals surface area contributed by atoms with E-state index in [2.05, 4.69) is 40.4 Å². The molecule has 0 spiro atoms. The van der Waals surface area contributed by atoms with Crippen LogP contribution in [0, 0.1) is 5.92 Å². The SMILES string of the molecule is CC(C)CNC(=S)Nc1ccc(Cl)c(Br)c1. The smallest absolute Gasteiger partial charge is 0.170 e. The first-order valence-corrected chi connectivity index (χ1v) is 6.57. The van der Waals surface area contributed by atoms with Crippen LogP contribution < -0.4 is 10.6 Å². The molecule has 1 aromatic rings. The summed E-state index contributed by atoms with van der Waals surface area (Å²) >= 11 is 14.4. The lowest BCUT2D eigenvalue weighted by molar-refractivity contribution is 0.627. The van der Waals surface area contributed by atoms with Gasteiger partial charge in [0, 0.05) is 16.7 Å². The first-order valence-electron chi connectivity index (χ1n) is 4.99. The summed E-state index contributed by atoms with van der Waals surface area (Å²) in [6, 6.07) is 5.60. The molecule has 0 unspecified atom stereocenters. The van der Waals surface area contributed by atoms with Gasteiger partial charge in [-0.2, -0.15) is 0 Å². The molecule has 0 aliphatic carbocycles. The van der Waals surface area contributed by atoms with Gasteiger partial charge in [0.2, 0.25) is 0 Å². The van der Waals surface area contributed by atoms with Gasteiger partial charge in [-0.1, -0.05) is 25.4 Å². The van der Waals surface area contributed by atoms with Gasteiger partial charge >= 0.3 is 0 Å². The molecule has 0 atom stereocenters. The molecule has 1 aromatic carbocycles. The van der Waals surface area contributed by atoms with Crippen molar-refractivity contribution in [3.63, 3.8) is 0 Å². The van der Waals surface area contributed by atoms with E-state index in [4.69, 9.17) is 23.8 Å². The summed E-state index contributed by atoms with van der Waals surface area (Å²) in [6.45, 7) is 5.13. The Kier molecular flexibility index (Phi) is 5.52. The third kappa shape index (κ3) is 4.68. The van der Waals surface area contributed by atoms with Crippen LogP contribution >= 0.6 is 39.7 Å². The molecule has 1 rings (SSSR count). The molecule has 2 N–H and O–H groups in total. The second kappa shape index (κ2) is 6.42. The Morgan fingerprint density at radius 2 is 2.19 bits per heavy atom. The molecule has 0 saturated carbocycles. The van der Waals surface area contributed by atoms with Gasteiger partial charge in [-0.05, 0) is 52.3 Å². The molecular formula is C11H14BrClN2S. The summed E-state index contributed by atoms with van der Waals surface area (Å²) in [7, 11) is 0. The lowest BCUT2D eigenvalue weighted by atomic mass is 10.2. The Morgan fingerprint density at radius 1 is 1.50 bits per heavy atom. The largest absolute Gasteiger partial charge is 0.362 e. The summed E-state index contributed by atoms with van der Waals surface area (Å²) < 4.78 is 0.853. The summed E-state index contributed by atoms with van der Waals surface area (Å²) in [6.07, 6.45) is 0. The third-order valence-corrected chi connectivity index (χ3v) is 3.31. The van der Waals surface area contributed by atoms with Crippen LogP contribution in [0.5, 0.6) is 0 Å². The average Bonchev–Trinajstić information content (AvgIpc) is 2.21. The number of nitrogens with one attached hydrogen (secondary N) is 2. The van der Waals surface area contributed by atoms with Crippen LogP contribution in [0.25, 0.3) is 0 Å². The van der Waals surface area contributed by atoms with Crippen molar-refractivity contribution in [2.24, 2.45) is 5.92 Å². The number of rotatable bonds is 3. The molecule has 0 amide bonds.